The van der Waals surface area contributed by atoms with Crippen molar-refractivity contribution in [3.63, 3.8) is 0 Å². The number of anilines is 2. The summed E-state index contributed by atoms with van der Waals surface area (Å²) in [5.74, 6) is -0.339. The molecule has 0 saturated heterocycles. The van der Waals surface area contributed by atoms with E-state index in [2.05, 4.69) is 4.99 Å². The summed E-state index contributed by atoms with van der Waals surface area (Å²) in [4.78, 5) is 5.32. The fourth-order valence-corrected chi connectivity index (χ4v) is 2.17. The highest BCUT2D eigenvalue weighted by atomic mass is 35.5. The van der Waals surface area contributed by atoms with Gasteiger partial charge in [-0.05, 0) is 36.4 Å². The van der Waals surface area contributed by atoms with E-state index in [9.17, 15) is 0 Å². The third-order valence-corrected chi connectivity index (χ3v) is 3.05. The van der Waals surface area contributed by atoms with Crippen molar-refractivity contribution in [2.45, 2.75) is 0 Å². The minimum Gasteiger partial charge on any atom is -0.370 e. The molecule has 0 unspecified atom stereocenters. The molecule has 0 amide bonds. The van der Waals surface area contributed by atoms with E-state index >= 15 is 0 Å². The van der Waals surface area contributed by atoms with Crippen LogP contribution in [0.4, 0.5) is 11.4 Å². The number of guanidine groups is 2. The number of halogens is 2. The highest BCUT2D eigenvalue weighted by molar-refractivity contribution is 6.31. The van der Waals surface area contributed by atoms with Gasteiger partial charge >= 0.3 is 0 Å². The van der Waals surface area contributed by atoms with Gasteiger partial charge in [0.15, 0.2) is 5.96 Å². The summed E-state index contributed by atoms with van der Waals surface area (Å²) in [6.07, 6.45) is 0. The molecule has 0 atom stereocenters. The van der Waals surface area contributed by atoms with E-state index in [1.165, 1.54) is 4.90 Å². The Bertz CT molecular complexity index is 650. The summed E-state index contributed by atoms with van der Waals surface area (Å²) >= 11 is 12.0. The van der Waals surface area contributed by atoms with Crippen LogP contribution in [-0.2, 0) is 0 Å². The summed E-state index contributed by atoms with van der Waals surface area (Å²) in [7, 11) is 0. The summed E-state index contributed by atoms with van der Waals surface area (Å²) in [6.45, 7) is 0. The van der Waals surface area contributed by atoms with Crippen molar-refractivity contribution in [2.75, 3.05) is 4.90 Å². The number of rotatable bonds is 2. The zero-order valence-electron chi connectivity index (χ0n) is 10.9. The fourth-order valence-electron chi connectivity index (χ4n) is 1.80. The van der Waals surface area contributed by atoms with Gasteiger partial charge in [-0.3, -0.25) is 10.3 Å². The van der Waals surface area contributed by atoms with Crippen molar-refractivity contribution >= 4 is 46.5 Å². The highest BCUT2D eigenvalue weighted by Gasteiger charge is 2.15. The van der Waals surface area contributed by atoms with Crippen molar-refractivity contribution in [3.8, 4) is 0 Å². The van der Waals surface area contributed by atoms with Crippen molar-refractivity contribution in [1.29, 1.82) is 5.41 Å². The second kappa shape index (κ2) is 6.47. The van der Waals surface area contributed by atoms with E-state index in [1.807, 2.05) is 0 Å². The average molecular weight is 322 g/mol. The van der Waals surface area contributed by atoms with Gasteiger partial charge in [0.2, 0.25) is 5.96 Å². The van der Waals surface area contributed by atoms with Crippen LogP contribution in [0.15, 0.2) is 53.5 Å². The Morgan fingerprint density at radius 2 is 1.43 bits per heavy atom. The summed E-state index contributed by atoms with van der Waals surface area (Å²) in [5.41, 5.74) is 12.0. The highest BCUT2D eigenvalue weighted by Crippen LogP contribution is 2.29. The molecule has 0 aliphatic heterocycles. The predicted octanol–water partition coefficient (Wildman–Crippen LogP) is 3.34. The van der Waals surface area contributed by atoms with Crippen LogP contribution in [0.5, 0.6) is 0 Å². The van der Waals surface area contributed by atoms with Crippen LogP contribution in [0.3, 0.4) is 0 Å². The summed E-state index contributed by atoms with van der Waals surface area (Å²) in [6, 6.07) is 14.0. The first-order valence-corrected chi connectivity index (χ1v) is 6.72. The van der Waals surface area contributed by atoms with Crippen molar-refractivity contribution < 1.29 is 0 Å². The van der Waals surface area contributed by atoms with Crippen molar-refractivity contribution in [1.82, 2.24) is 0 Å². The second-order valence-electron chi connectivity index (χ2n) is 4.16. The Hall–Kier alpha value is -2.24. The quantitative estimate of drug-likeness (QED) is 0.585. The van der Waals surface area contributed by atoms with Gasteiger partial charge < -0.3 is 11.5 Å². The molecule has 0 aliphatic carbocycles. The Morgan fingerprint density at radius 1 is 0.952 bits per heavy atom. The largest absolute Gasteiger partial charge is 0.370 e. The summed E-state index contributed by atoms with van der Waals surface area (Å²) in [5, 5.41) is 9.16. The summed E-state index contributed by atoms with van der Waals surface area (Å²) < 4.78 is 0. The van der Waals surface area contributed by atoms with E-state index in [4.69, 9.17) is 40.1 Å². The van der Waals surface area contributed by atoms with Crippen molar-refractivity contribution in [2.24, 2.45) is 16.5 Å². The molecule has 0 radical (unpaired) electrons. The standard InChI is InChI=1S/C14H13Cl2N5/c15-9-3-1-5-11(7-9)21(14(19)20-13(17)18)12-6-2-4-10(16)8-12/h1-8H,(H5,17,18,19,20). The molecule has 0 heterocycles. The smallest absolute Gasteiger partial charge is 0.230 e. The minimum atomic E-state index is -0.200. The number of aliphatic imine (C=N–C) groups is 1. The molecular weight excluding hydrogens is 309 g/mol. The Balaban J connectivity index is 2.54. The molecule has 2 aromatic carbocycles. The molecule has 2 rings (SSSR count). The van der Waals surface area contributed by atoms with E-state index in [0.29, 0.717) is 21.4 Å². The van der Waals surface area contributed by atoms with E-state index in [1.54, 1.807) is 48.5 Å². The minimum absolute atomic E-state index is 0.139. The predicted molar refractivity (Wildman–Crippen MR) is 88.6 cm³/mol. The molecule has 0 aromatic heterocycles. The van der Waals surface area contributed by atoms with E-state index < -0.39 is 0 Å². The molecule has 0 aliphatic rings. The van der Waals surface area contributed by atoms with Gasteiger partial charge in [-0.2, -0.15) is 4.99 Å². The van der Waals surface area contributed by atoms with E-state index in [-0.39, 0.29) is 11.9 Å². The lowest BCUT2D eigenvalue weighted by molar-refractivity contribution is 1.24. The Labute approximate surface area is 132 Å². The van der Waals surface area contributed by atoms with Gasteiger partial charge in [-0.25, -0.2) is 0 Å². The van der Waals surface area contributed by atoms with Gasteiger partial charge in [-0.15, -0.1) is 0 Å². The van der Waals surface area contributed by atoms with Crippen molar-refractivity contribution in [3.05, 3.63) is 58.6 Å². The topological polar surface area (TPSA) is 91.5 Å². The van der Waals surface area contributed by atoms with Crippen LogP contribution in [0, 0.1) is 5.41 Å². The first-order chi connectivity index (χ1) is 9.97. The third-order valence-electron chi connectivity index (χ3n) is 2.58. The maximum absolute atomic E-state index is 8.08. The number of nitrogens with zero attached hydrogens (tertiary/aromatic N) is 2. The molecule has 108 valence electrons. The molecule has 7 heteroatoms. The van der Waals surface area contributed by atoms with Gasteiger partial charge in [0.1, 0.15) is 0 Å². The third kappa shape index (κ3) is 3.87. The van der Waals surface area contributed by atoms with Crippen LogP contribution >= 0.6 is 23.2 Å². The molecule has 5 N–H and O–H groups in total. The maximum Gasteiger partial charge on any atom is 0.230 e. The zero-order valence-corrected chi connectivity index (χ0v) is 12.4. The van der Waals surface area contributed by atoms with Gasteiger partial charge in [-0.1, -0.05) is 35.3 Å². The SMILES string of the molecule is N=C(N=C(N)N)N(c1cccc(Cl)c1)c1cccc(Cl)c1. The maximum atomic E-state index is 8.08. The monoisotopic (exact) mass is 321 g/mol. The first kappa shape index (κ1) is 15.2. The lowest BCUT2D eigenvalue weighted by Crippen LogP contribution is -2.30. The number of hydrogen-bond donors (Lipinski definition) is 3. The number of nitrogens with one attached hydrogen (secondary N) is 1. The molecule has 0 bridgehead atoms. The van der Waals surface area contributed by atoms with Crippen LogP contribution in [0.1, 0.15) is 0 Å². The van der Waals surface area contributed by atoms with Crippen LogP contribution in [0.2, 0.25) is 10.0 Å². The number of nitrogens with two attached hydrogens (primary N) is 2. The number of benzene rings is 2. The molecule has 21 heavy (non-hydrogen) atoms. The van der Waals surface area contributed by atoms with Crippen LogP contribution < -0.4 is 16.4 Å². The molecule has 0 spiro atoms. The van der Waals surface area contributed by atoms with Crippen LogP contribution in [-0.4, -0.2) is 11.9 Å². The normalized spacial score (nSPS) is 10.0. The molecule has 0 saturated carbocycles. The lowest BCUT2D eigenvalue weighted by atomic mass is 10.2. The average Bonchev–Trinajstić information content (AvgIpc) is 2.38. The zero-order chi connectivity index (χ0) is 15.4. The Kier molecular flexibility index (Phi) is 4.67. The van der Waals surface area contributed by atoms with Gasteiger partial charge in [0, 0.05) is 10.0 Å². The van der Waals surface area contributed by atoms with Crippen LogP contribution in [0.25, 0.3) is 0 Å². The molecular formula is C14H13Cl2N5. The van der Waals surface area contributed by atoms with Gasteiger partial charge in [0.05, 0.1) is 11.4 Å². The molecule has 5 nitrogen and oxygen atoms in total. The molecule has 0 fully saturated rings. The molecule has 2 aromatic rings. The fraction of sp³-hybridized carbons (Fsp3) is 0. The van der Waals surface area contributed by atoms with E-state index in [0.717, 1.165) is 0 Å². The van der Waals surface area contributed by atoms with Gasteiger partial charge in [0.25, 0.3) is 0 Å². The Morgan fingerprint density at radius 3 is 1.81 bits per heavy atom. The first-order valence-electron chi connectivity index (χ1n) is 5.97. The number of hydrogen-bond acceptors (Lipinski definition) is 1. The lowest BCUT2D eigenvalue weighted by Gasteiger charge is -2.23. The second-order valence-corrected chi connectivity index (χ2v) is 5.03.